The van der Waals surface area contributed by atoms with E-state index in [0.717, 1.165) is 19.1 Å². The zero-order valence-electron chi connectivity index (χ0n) is 13.6. The predicted octanol–water partition coefficient (Wildman–Crippen LogP) is 3.94. The van der Waals surface area contributed by atoms with Gasteiger partial charge in [-0.2, -0.15) is 0 Å². The zero-order valence-corrected chi connectivity index (χ0v) is 13.6. The Kier molecular flexibility index (Phi) is 6.98. The first-order valence-electron chi connectivity index (χ1n) is 8.42. The molecule has 1 heterocycles. The first-order chi connectivity index (χ1) is 10.3. The Bertz CT molecular complexity index is 424. The maximum absolute atomic E-state index is 3.56. The summed E-state index contributed by atoms with van der Waals surface area (Å²) in [6.07, 6.45) is 7.70. The summed E-state index contributed by atoms with van der Waals surface area (Å²) in [6.45, 7) is 9.23. The molecule has 2 heteroatoms. The van der Waals surface area contributed by atoms with Crippen LogP contribution in [0.15, 0.2) is 35.9 Å². The Labute approximate surface area is 130 Å². The molecule has 1 unspecified atom stereocenters. The van der Waals surface area contributed by atoms with Crippen molar-refractivity contribution in [1.82, 2.24) is 10.2 Å². The van der Waals surface area contributed by atoms with Crippen LogP contribution in [0.1, 0.15) is 45.1 Å². The molecule has 1 aliphatic heterocycles. The minimum absolute atomic E-state index is 0.790. The van der Waals surface area contributed by atoms with Gasteiger partial charge >= 0.3 is 0 Å². The number of hydrogen-bond donors (Lipinski definition) is 1. The van der Waals surface area contributed by atoms with Gasteiger partial charge in [0.2, 0.25) is 0 Å². The van der Waals surface area contributed by atoms with Gasteiger partial charge in [-0.3, -0.25) is 0 Å². The average Bonchev–Trinajstić information content (AvgIpc) is 2.50. The fourth-order valence-corrected chi connectivity index (χ4v) is 3.07. The van der Waals surface area contributed by atoms with Crippen LogP contribution in [0.25, 0.3) is 6.08 Å². The molecular formula is C19H30N2. The van der Waals surface area contributed by atoms with E-state index in [1.54, 1.807) is 0 Å². The molecule has 0 amide bonds. The molecule has 0 aliphatic carbocycles. The molecule has 2 nitrogen and oxygen atoms in total. The standard InChI is InChI=1S/C19H30N2/c1-17(15-19-10-4-3-5-11-19)16-20-12-8-14-21-13-7-6-9-18(21)2/h3-5,10-11,15,18,20H,6-9,12-14,16H2,1-2H3/b17-15+. The van der Waals surface area contributed by atoms with Gasteiger partial charge in [0.1, 0.15) is 0 Å². The lowest BCUT2D eigenvalue weighted by Crippen LogP contribution is -2.38. The Balaban J connectivity index is 1.60. The van der Waals surface area contributed by atoms with Gasteiger partial charge in [-0.05, 0) is 58.3 Å². The van der Waals surface area contributed by atoms with Crippen molar-refractivity contribution in [2.24, 2.45) is 0 Å². The van der Waals surface area contributed by atoms with E-state index in [1.807, 2.05) is 0 Å². The third kappa shape index (κ3) is 6.03. The van der Waals surface area contributed by atoms with E-state index in [0.29, 0.717) is 0 Å². The molecule has 1 atom stereocenters. The molecule has 116 valence electrons. The molecule has 1 fully saturated rings. The third-order valence-corrected chi connectivity index (χ3v) is 4.36. The fraction of sp³-hybridized carbons (Fsp3) is 0.579. The molecule has 1 saturated heterocycles. The summed E-state index contributed by atoms with van der Waals surface area (Å²) in [4.78, 5) is 2.65. The van der Waals surface area contributed by atoms with Gasteiger partial charge in [0.25, 0.3) is 0 Å². The molecule has 0 saturated carbocycles. The van der Waals surface area contributed by atoms with E-state index >= 15 is 0 Å². The highest BCUT2D eigenvalue weighted by Gasteiger charge is 2.16. The Morgan fingerprint density at radius 1 is 1.29 bits per heavy atom. The third-order valence-electron chi connectivity index (χ3n) is 4.36. The number of likely N-dealkylation sites (tertiary alicyclic amines) is 1. The quantitative estimate of drug-likeness (QED) is 0.764. The molecular weight excluding hydrogens is 256 g/mol. The summed E-state index contributed by atoms with van der Waals surface area (Å²) in [7, 11) is 0. The second kappa shape index (κ2) is 9.01. The van der Waals surface area contributed by atoms with Crippen molar-refractivity contribution < 1.29 is 0 Å². The highest BCUT2D eigenvalue weighted by molar-refractivity contribution is 5.52. The zero-order chi connectivity index (χ0) is 14.9. The molecule has 0 aromatic heterocycles. The predicted molar refractivity (Wildman–Crippen MR) is 92.5 cm³/mol. The molecule has 1 aromatic carbocycles. The number of nitrogens with zero attached hydrogens (tertiary/aromatic N) is 1. The lowest BCUT2D eigenvalue weighted by molar-refractivity contribution is 0.159. The Morgan fingerprint density at radius 2 is 2.10 bits per heavy atom. The number of benzene rings is 1. The van der Waals surface area contributed by atoms with E-state index in [9.17, 15) is 0 Å². The highest BCUT2D eigenvalue weighted by atomic mass is 15.2. The number of nitrogens with one attached hydrogen (secondary N) is 1. The summed E-state index contributed by atoms with van der Waals surface area (Å²) in [5, 5.41) is 3.56. The van der Waals surface area contributed by atoms with Crippen LogP contribution in [-0.4, -0.2) is 37.1 Å². The van der Waals surface area contributed by atoms with Crippen LogP contribution in [0.3, 0.4) is 0 Å². The molecule has 1 N–H and O–H groups in total. The van der Waals surface area contributed by atoms with Crippen LogP contribution >= 0.6 is 0 Å². The minimum Gasteiger partial charge on any atom is -0.313 e. The summed E-state index contributed by atoms with van der Waals surface area (Å²) in [5.41, 5.74) is 2.69. The number of piperidine rings is 1. The highest BCUT2D eigenvalue weighted by Crippen LogP contribution is 2.16. The molecule has 0 spiro atoms. The molecule has 1 aliphatic rings. The molecule has 0 bridgehead atoms. The van der Waals surface area contributed by atoms with Crippen molar-refractivity contribution in [2.75, 3.05) is 26.2 Å². The molecule has 2 rings (SSSR count). The van der Waals surface area contributed by atoms with Crippen molar-refractivity contribution >= 4 is 6.08 Å². The Morgan fingerprint density at radius 3 is 2.86 bits per heavy atom. The van der Waals surface area contributed by atoms with Gasteiger partial charge in [0.15, 0.2) is 0 Å². The van der Waals surface area contributed by atoms with Crippen LogP contribution in [0.2, 0.25) is 0 Å². The van der Waals surface area contributed by atoms with E-state index in [1.165, 1.54) is 49.9 Å². The topological polar surface area (TPSA) is 15.3 Å². The monoisotopic (exact) mass is 286 g/mol. The van der Waals surface area contributed by atoms with Gasteiger partial charge in [0.05, 0.1) is 0 Å². The van der Waals surface area contributed by atoms with Gasteiger partial charge in [-0.15, -0.1) is 0 Å². The smallest absolute Gasteiger partial charge is 0.0165 e. The summed E-state index contributed by atoms with van der Waals surface area (Å²) in [5.74, 6) is 0. The van der Waals surface area contributed by atoms with Crippen molar-refractivity contribution in [3.8, 4) is 0 Å². The minimum atomic E-state index is 0.790. The summed E-state index contributed by atoms with van der Waals surface area (Å²) < 4.78 is 0. The second-order valence-corrected chi connectivity index (χ2v) is 6.31. The lowest BCUT2D eigenvalue weighted by Gasteiger charge is -2.33. The summed E-state index contributed by atoms with van der Waals surface area (Å²) >= 11 is 0. The summed E-state index contributed by atoms with van der Waals surface area (Å²) in [6, 6.07) is 11.3. The van der Waals surface area contributed by atoms with Crippen LogP contribution in [0.4, 0.5) is 0 Å². The van der Waals surface area contributed by atoms with Crippen molar-refractivity contribution in [1.29, 1.82) is 0 Å². The average molecular weight is 286 g/mol. The largest absolute Gasteiger partial charge is 0.313 e. The van der Waals surface area contributed by atoms with Crippen LogP contribution in [0, 0.1) is 0 Å². The van der Waals surface area contributed by atoms with Crippen LogP contribution in [0.5, 0.6) is 0 Å². The van der Waals surface area contributed by atoms with Gasteiger partial charge in [-0.1, -0.05) is 48.4 Å². The van der Waals surface area contributed by atoms with E-state index in [4.69, 9.17) is 0 Å². The van der Waals surface area contributed by atoms with E-state index in [2.05, 4.69) is 60.5 Å². The van der Waals surface area contributed by atoms with Gasteiger partial charge in [-0.25, -0.2) is 0 Å². The molecule has 1 aromatic rings. The lowest BCUT2D eigenvalue weighted by atomic mass is 10.0. The van der Waals surface area contributed by atoms with Crippen LogP contribution in [-0.2, 0) is 0 Å². The van der Waals surface area contributed by atoms with E-state index < -0.39 is 0 Å². The first kappa shape index (κ1) is 16.3. The number of hydrogen-bond acceptors (Lipinski definition) is 2. The second-order valence-electron chi connectivity index (χ2n) is 6.31. The molecule has 0 radical (unpaired) electrons. The Hall–Kier alpha value is -1.12. The first-order valence-corrected chi connectivity index (χ1v) is 8.42. The van der Waals surface area contributed by atoms with Crippen molar-refractivity contribution in [3.05, 3.63) is 41.5 Å². The van der Waals surface area contributed by atoms with Crippen LogP contribution < -0.4 is 5.32 Å². The fourth-order valence-electron chi connectivity index (χ4n) is 3.07. The van der Waals surface area contributed by atoms with E-state index in [-0.39, 0.29) is 0 Å². The van der Waals surface area contributed by atoms with Crippen molar-refractivity contribution in [2.45, 2.75) is 45.6 Å². The molecule has 21 heavy (non-hydrogen) atoms. The van der Waals surface area contributed by atoms with Crippen molar-refractivity contribution in [3.63, 3.8) is 0 Å². The van der Waals surface area contributed by atoms with Gasteiger partial charge < -0.3 is 10.2 Å². The normalized spacial score (nSPS) is 20.7. The SMILES string of the molecule is C/C(=C\c1ccccc1)CNCCCN1CCCCC1C. The maximum atomic E-state index is 3.56. The maximum Gasteiger partial charge on any atom is 0.0165 e. The number of rotatable bonds is 7. The van der Waals surface area contributed by atoms with Gasteiger partial charge in [0, 0.05) is 12.6 Å².